The first-order valence-electron chi connectivity index (χ1n) is 14.6. The lowest BCUT2D eigenvalue weighted by Crippen LogP contribution is -2.32. The molecule has 0 spiro atoms. The molecule has 5 heterocycles. The van der Waals surface area contributed by atoms with Gasteiger partial charge < -0.3 is 10.6 Å². The normalized spacial score (nSPS) is 12.8. The number of rotatable bonds is 5. The monoisotopic (exact) mass is 596 g/mol. The van der Waals surface area contributed by atoms with E-state index in [0.29, 0.717) is 27.7 Å². The second-order valence-corrected chi connectivity index (χ2v) is 10.9. The summed E-state index contributed by atoms with van der Waals surface area (Å²) < 4.78 is 5.03. The summed E-state index contributed by atoms with van der Waals surface area (Å²) in [7, 11) is 0. The van der Waals surface area contributed by atoms with Gasteiger partial charge >= 0.3 is 0 Å². The van der Waals surface area contributed by atoms with Gasteiger partial charge in [-0.3, -0.25) is 23.6 Å². The van der Waals surface area contributed by atoms with Gasteiger partial charge in [0, 0.05) is 42.8 Å². The standard InChI is InChI=1S/C34H28N8O3/c1-21(37-33(44)30-31(38-22(2)43)39-41-18-8-16-35-32(30)41)28-19-24-10-6-9-23(14-15-25-20-36-40-17-7-13-27(25)40)29(24)34(45)42(28)26-11-4-3-5-12-26/h3-6,8-12,16,18-21H,7,13,17H2,1-2H3,(H,37,44)(H,38,39,43)/t21-/m0/s1. The average Bonchev–Trinajstić information content (AvgIpc) is 3.75. The van der Waals surface area contributed by atoms with Crippen LogP contribution in [0.5, 0.6) is 0 Å². The van der Waals surface area contributed by atoms with Crippen LogP contribution in [0.4, 0.5) is 5.82 Å². The molecule has 0 fully saturated rings. The molecule has 11 heteroatoms. The van der Waals surface area contributed by atoms with Crippen LogP contribution in [0.25, 0.3) is 22.1 Å². The molecule has 1 aliphatic heterocycles. The number of hydrogen-bond acceptors (Lipinski definition) is 6. The highest BCUT2D eigenvalue weighted by Crippen LogP contribution is 2.25. The van der Waals surface area contributed by atoms with Gasteiger partial charge in [0.05, 0.1) is 28.9 Å². The molecule has 0 saturated carbocycles. The Bertz CT molecular complexity index is 2250. The minimum atomic E-state index is -0.636. The molecule has 1 atom stereocenters. The molecular weight excluding hydrogens is 568 g/mol. The van der Waals surface area contributed by atoms with E-state index >= 15 is 0 Å². The predicted molar refractivity (Wildman–Crippen MR) is 169 cm³/mol. The number of aromatic nitrogens is 6. The highest BCUT2D eigenvalue weighted by atomic mass is 16.2. The molecule has 0 bridgehead atoms. The first kappa shape index (κ1) is 27.8. The van der Waals surface area contributed by atoms with Crippen LogP contribution in [0.3, 0.4) is 0 Å². The third-order valence-corrected chi connectivity index (χ3v) is 7.86. The van der Waals surface area contributed by atoms with Crippen LogP contribution >= 0.6 is 0 Å². The van der Waals surface area contributed by atoms with Gasteiger partial charge in [-0.15, -0.1) is 5.10 Å². The van der Waals surface area contributed by atoms with E-state index in [1.807, 2.05) is 59.3 Å². The van der Waals surface area contributed by atoms with Gasteiger partial charge in [0.1, 0.15) is 5.56 Å². The molecule has 45 heavy (non-hydrogen) atoms. The Labute approximate surface area is 257 Å². The van der Waals surface area contributed by atoms with Crippen LogP contribution in [-0.4, -0.2) is 40.8 Å². The van der Waals surface area contributed by atoms with Gasteiger partial charge in [-0.05, 0) is 55.5 Å². The zero-order chi connectivity index (χ0) is 31.1. The lowest BCUT2D eigenvalue weighted by Gasteiger charge is -2.21. The maximum absolute atomic E-state index is 14.4. The quantitative estimate of drug-likeness (QED) is 0.289. The second kappa shape index (κ2) is 11.2. The molecular formula is C34H28N8O3. The first-order chi connectivity index (χ1) is 21.9. The summed E-state index contributed by atoms with van der Waals surface area (Å²) in [6, 6.07) is 17.8. The number of benzene rings is 2. The van der Waals surface area contributed by atoms with Gasteiger partial charge in [-0.25, -0.2) is 9.50 Å². The van der Waals surface area contributed by atoms with E-state index in [0.717, 1.165) is 30.6 Å². The van der Waals surface area contributed by atoms with Crippen molar-refractivity contribution < 1.29 is 9.59 Å². The van der Waals surface area contributed by atoms with Crippen LogP contribution < -0.4 is 16.2 Å². The number of pyridine rings is 1. The summed E-state index contributed by atoms with van der Waals surface area (Å²) in [6.07, 6.45) is 6.96. The fourth-order valence-corrected chi connectivity index (χ4v) is 5.84. The largest absolute Gasteiger partial charge is 0.344 e. The van der Waals surface area contributed by atoms with Crippen molar-refractivity contribution in [3.8, 4) is 17.5 Å². The maximum Gasteiger partial charge on any atom is 0.264 e. The summed E-state index contributed by atoms with van der Waals surface area (Å²) in [4.78, 5) is 44.4. The van der Waals surface area contributed by atoms with E-state index in [4.69, 9.17) is 0 Å². The molecule has 2 N–H and O–H groups in total. The van der Waals surface area contributed by atoms with Crippen molar-refractivity contribution in [2.24, 2.45) is 0 Å². The van der Waals surface area contributed by atoms with Crippen molar-refractivity contribution in [2.75, 3.05) is 5.32 Å². The Morgan fingerprint density at radius 1 is 1.02 bits per heavy atom. The third-order valence-electron chi connectivity index (χ3n) is 7.86. The van der Waals surface area contributed by atoms with E-state index < -0.39 is 11.9 Å². The lowest BCUT2D eigenvalue weighted by molar-refractivity contribution is -0.114. The first-order valence-corrected chi connectivity index (χ1v) is 14.6. The van der Waals surface area contributed by atoms with E-state index in [9.17, 15) is 14.4 Å². The smallest absolute Gasteiger partial charge is 0.264 e. The van der Waals surface area contributed by atoms with Gasteiger partial charge in [0.25, 0.3) is 11.5 Å². The van der Waals surface area contributed by atoms with Crippen LogP contribution in [0.2, 0.25) is 0 Å². The lowest BCUT2D eigenvalue weighted by atomic mass is 10.0. The SMILES string of the molecule is CC(=O)Nc1nn2cccnc2c1C(=O)N[C@@H](C)c1cc2cccc(C#Cc3cnn4c3CCC4)c2c(=O)n1-c1ccccc1. The molecule has 2 amide bonds. The van der Waals surface area contributed by atoms with Crippen molar-refractivity contribution in [3.63, 3.8) is 0 Å². The molecule has 0 saturated heterocycles. The molecule has 2 aromatic carbocycles. The minimum absolute atomic E-state index is 0.0946. The predicted octanol–water partition coefficient (Wildman–Crippen LogP) is 4.03. The van der Waals surface area contributed by atoms with E-state index in [1.165, 1.54) is 11.4 Å². The van der Waals surface area contributed by atoms with E-state index in [2.05, 4.69) is 37.7 Å². The summed E-state index contributed by atoms with van der Waals surface area (Å²) in [5.41, 5.74) is 3.98. The van der Waals surface area contributed by atoms with Crippen molar-refractivity contribution in [1.82, 2.24) is 34.3 Å². The highest BCUT2D eigenvalue weighted by molar-refractivity contribution is 6.07. The Balaban J connectivity index is 1.33. The van der Waals surface area contributed by atoms with Gasteiger partial charge in [-0.1, -0.05) is 42.2 Å². The fraction of sp³-hybridized carbons (Fsp3) is 0.176. The van der Waals surface area contributed by atoms with Crippen molar-refractivity contribution in [1.29, 1.82) is 0 Å². The number of carbonyl (C=O) groups excluding carboxylic acids is 2. The zero-order valence-electron chi connectivity index (χ0n) is 24.6. The second-order valence-electron chi connectivity index (χ2n) is 10.9. The molecule has 1 aliphatic rings. The van der Waals surface area contributed by atoms with Crippen molar-refractivity contribution in [3.05, 3.63) is 118 Å². The minimum Gasteiger partial charge on any atom is -0.344 e. The summed E-state index contributed by atoms with van der Waals surface area (Å²) >= 11 is 0. The van der Waals surface area contributed by atoms with Crippen molar-refractivity contribution >= 4 is 34.1 Å². The number of amides is 2. The molecule has 222 valence electrons. The Morgan fingerprint density at radius 3 is 2.67 bits per heavy atom. The maximum atomic E-state index is 14.4. The van der Waals surface area contributed by atoms with Gasteiger partial charge in [0.2, 0.25) is 5.91 Å². The zero-order valence-corrected chi connectivity index (χ0v) is 24.6. The molecule has 11 nitrogen and oxygen atoms in total. The van der Waals surface area contributed by atoms with Crippen LogP contribution in [0, 0.1) is 11.8 Å². The number of aryl methyl sites for hydroxylation is 1. The number of nitrogens with zero attached hydrogens (tertiary/aromatic N) is 6. The number of nitrogens with one attached hydrogen (secondary N) is 2. The molecule has 4 aromatic heterocycles. The molecule has 7 rings (SSSR count). The van der Waals surface area contributed by atoms with Crippen LogP contribution in [0.1, 0.15) is 59.2 Å². The van der Waals surface area contributed by atoms with E-state index in [-0.39, 0.29) is 28.5 Å². The van der Waals surface area contributed by atoms with E-state index in [1.54, 1.807) is 36.1 Å². The number of hydrogen-bond donors (Lipinski definition) is 2. The number of carbonyl (C=O) groups is 2. The van der Waals surface area contributed by atoms with Crippen molar-refractivity contribution in [2.45, 2.75) is 39.3 Å². The molecule has 0 unspecified atom stereocenters. The Hall–Kier alpha value is -6.02. The summed E-state index contributed by atoms with van der Waals surface area (Å²) in [5, 5.41) is 15.6. The topological polar surface area (TPSA) is 128 Å². The number of anilines is 1. The number of para-hydroxylation sites is 1. The molecule has 0 aliphatic carbocycles. The van der Waals surface area contributed by atoms with Gasteiger partial charge in [-0.2, -0.15) is 5.10 Å². The van der Waals surface area contributed by atoms with Crippen LogP contribution in [0.15, 0.2) is 84.0 Å². The van der Waals surface area contributed by atoms with Gasteiger partial charge in [0.15, 0.2) is 11.5 Å². The molecule has 6 aromatic rings. The highest BCUT2D eigenvalue weighted by Gasteiger charge is 2.25. The number of fused-ring (bicyclic) bond motifs is 3. The molecule has 0 radical (unpaired) electrons. The fourth-order valence-electron chi connectivity index (χ4n) is 5.84. The summed E-state index contributed by atoms with van der Waals surface area (Å²) in [5.74, 6) is 5.71. The summed E-state index contributed by atoms with van der Waals surface area (Å²) in [6.45, 7) is 4.04. The Kier molecular flexibility index (Phi) is 6.94. The Morgan fingerprint density at radius 2 is 1.84 bits per heavy atom. The average molecular weight is 597 g/mol. The third kappa shape index (κ3) is 5.02. The van der Waals surface area contributed by atoms with Crippen LogP contribution in [-0.2, 0) is 17.8 Å².